The molecule has 0 saturated heterocycles. The van der Waals surface area contributed by atoms with Gasteiger partial charge in [0.15, 0.2) is 0 Å². The molecule has 1 N–H and O–H groups in total. The van der Waals surface area contributed by atoms with Crippen LogP contribution in [0, 0.1) is 5.53 Å². The summed E-state index contributed by atoms with van der Waals surface area (Å²) in [4.78, 5) is 0. The van der Waals surface area contributed by atoms with Gasteiger partial charge in [-0.2, -0.15) is 5.11 Å². The Hall–Kier alpha value is -0.190. The standard InChI is InChI=1S/C6H9IN2/c1-2-6(9-8)4-3-5-7/h3-5,8H,2H2,1H3/b5-3-,6-4-,9-8?. The number of hydrogen-bond donors (Lipinski definition) is 1. The van der Waals surface area contributed by atoms with Gasteiger partial charge in [0, 0.05) is 0 Å². The van der Waals surface area contributed by atoms with E-state index in [2.05, 4.69) is 27.7 Å². The van der Waals surface area contributed by atoms with Crippen molar-refractivity contribution in [1.82, 2.24) is 0 Å². The second-order valence-corrected chi connectivity index (χ2v) is 2.16. The third-order valence-corrected chi connectivity index (χ3v) is 1.28. The minimum Gasteiger partial charge on any atom is -0.205 e. The first-order valence-electron chi connectivity index (χ1n) is 2.68. The lowest BCUT2D eigenvalue weighted by molar-refractivity contribution is 0.963. The van der Waals surface area contributed by atoms with Gasteiger partial charge in [-0.05, 0) is 16.6 Å². The number of hydrogen-bond acceptors (Lipinski definition) is 2. The molecule has 0 aromatic carbocycles. The molecule has 0 atom stereocenters. The molecule has 0 aromatic heterocycles. The molecular weight excluding hydrogens is 227 g/mol. The molecule has 0 radical (unpaired) electrons. The number of rotatable bonds is 3. The van der Waals surface area contributed by atoms with Gasteiger partial charge in [-0.3, -0.25) is 0 Å². The topological polar surface area (TPSA) is 36.2 Å². The maximum absolute atomic E-state index is 6.66. The van der Waals surface area contributed by atoms with E-state index in [-0.39, 0.29) is 0 Å². The summed E-state index contributed by atoms with van der Waals surface area (Å²) in [6.07, 6.45) is 4.53. The van der Waals surface area contributed by atoms with Crippen LogP contribution < -0.4 is 0 Å². The Balaban J connectivity index is 3.90. The molecule has 0 heterocycles. The van der Waals surface area contributed by atoms with Gasteiger partial charge in [0.2, 0.25) is 0 Å². The smallest absolute Gasteiger partial charge is 0.0621 e. The van der Waals surface area contributed by atoms with Crippen molar-refractivity contribution in [2.75, 3.05) is 0 Å². The van der Waals surface area contributed by atoms with Crippen LogP contribution in [-0.4, -0.2) is 0 Å². The molecule has 50 valence electrons. The molecule has 0 aliphatic rings. The minimum absolute atomic E-state index is 0.808. The van der Waals surface area contributed by atoms with Crippen LogP contribution in [0.3, 0.4) is 0 Å². The van der Waals surface area contributed by atoms with Gasteiger partial charge in [0.1, 0.15) is 0 Å². The van der Waals surface area contributed by atoms with E-state index in [9.17, 15) is 0 Å². The Bertz CT molecular complexity index is 138. The highest BCUT2D eigenvalue weighted by Crippen LogP contribution is 2.01. The maximum Gasteiger partial charge on any atom is 0.0621 e. The average molecular weight is 236 g/mol. The van der Waals surface area contributed by atoms with E-state index in [4.69, 9.17) is 5.53 Å². The van der Waals surface area contributed by atoms with Crippen molar-refractivity contribution in [1.29, 1.82) is 5.53 Å². The number of allylic oxidation sites excluding steroid dienone is 3. The van der Waals surface area contributed by atoms with Crippen molar-refractivity contribution in [3.8, 4) is 0 Å². The molecule has 0 aliphatic heterocycles. The quantitative estimate of drug-likeness (QED) is 0.443. The fourth-order valence-electron chi connectivity index (χ4n) is 0.382. The molecule has 0 saturated carbocycles. The highest BCUT2D eigenvalue weighted by Gasteiger charge is 1.83. The summed E-state index contributed by atoms with van der Waals surface area (Å²) in [7, 11) is 0. The van der Waals surface area contributed by atoms with Crippen molar-refractivity contribution in [2.45, 2.75) is 13.3 Å². The summed E-state index contributed by atoms with van der Waals surface area (Å²) < 4.78 is 1.89. The Labute approximate surface area is 68.7 Å². The van der Waals surface area contributed by atoms with E-state index < -0.39 is 0 Å². The largest absolute Gasteiger partial charge is 0.205 e. The van der Waals surface area contributed by atoms with Gasteiger partial charge in [0.05, 0.1) is 5.70 Å². The molecule has 0 bridgehead atoms. The van der Waals surface area contributed by atoms with Gasteiger partial charge in [-0.25, -0.2) is 5.53 Å². The first-order valence-corrected chi connectivity index (χ1v) is 3.93. The molecule has 0 aromatic rings. The lowest BCUT2D eigenvalue weighted by Crippen LogP contribution is -1.68. The number of halogens is 1. The molecule has 3 heteroatoms. The zero-order valence-electron chi connectivity index (χ0n) is 5.26. The minimum atomic E-state index is 0.808. The van der Waals surface area contributed by atoms with E-state index in [1.807, 2.05) is 23.2 Å². The van der Waals surface area contributed by atoms with Crippen LogP contribution in [0.1, 0.15) is 13.3 Å². The van der Waals surface area contributed by atoms with Crippen LogP contribution in [-0.2, 0) is 0 Å². The predicted molar refractivity (Wildman–Crippen MR) is 46.7 cm³/mol. The Morgan fingerprint density at radius 3 is 2.78 bits per heavy atom. The average Bonchev–Trinajstić information content (AvgIpc) is 1.91. The van der Waals surface area contributed by atoms with Crippen LogP contribution in [0.25, 0.3) is 0 Å². The zero-order valence-corrected chi connectivity index (χ0v) is 7.42. The first-order chi connectivity index (χ1) is 4.35. The normalized spacial score (nSPS) is 12.4. The summed E-state index contributed by atoms with van der Waals surface area (Å²) in [6, 6.07) is 0. The van der Waals surface area contributed by atoms with E-state index in [0.29, 0.717) is 0 Å². The van der Waals surface area contributed by atoms with Crippen LogP contribution >= 0.6 is 22.6 Å². The predicted octanol–water partition coefficient (Wildman–Crippen LogP) is 3.26. The second kappa shape index (κ2) is 5.94. The molecule has 0 fully saturated rings. The number of nitrogens with zero attached hydrogens (tertiary/aromatic N) is 1. The van der Waals surface area contributed by atoms with Gasteiger partial charge < -0.3 is 0 Å². The molecule has 9 heavy (non-hydrogen) atoms. The van der Waals surface area contributed by atoms with Gasteiger partial charge in [-0.15, -0.1) is 0 Å². The lowest BCUT2D eigenvalue weighted by atomic mass is 10.3. The van der Waals surface area contributed by atoms with Crippen LogP contribution in [0.5, 0.6) is 0 Å². The van der Waals surface area contributed by atoms with Crippen molar-refractivity contribution >= 4 is 22.6 Å². The highest BCUT2D eigenvalue weighted by atomic mass is 127. The van der Waals surface area contributed by atoms with Crippen LogP contribution in [0.15, 0.2) is 27.0 Å². The maximum atomic E-state index is 6.66. The Morgan fingerprint density at radius 2 is 2.44 bits per heavy atom. The second-order valence-electron chi connectivity index (χ2n) is 1.44. The Morgan fingerprint density at radius 1 is 1.78 bits per heavy atom. The molecular formula is C6H9IN2. The molecule has 0 aliphatic carbocycles. The molecule has 0 amide bonds. The monoisotopic (exact) mass is 236 g/mol. The van der Waals surface area contributed by atoms with Crippen molar-refractivity contribution < 1.29 is 0 Å². The van der Waals surface area contributed by atoms with Gasteiger partial charge in [-0.1, -0.05) is 35.6 Å². The van der Waals surface area contributed by atoms with E-state index in [1.165, 1.54) is 0 Å². The summed E-state index contributed by atoms with van der Waals surface area (Å²) in [6.45, 7) is 1.98. The molecule has 0 spiro atoms. The van der Waals surface area contributed by atoms with Crippen LogP contribution in [0.4, 0.5) is 0 Å². The molecule has 0 unspecified atom stereocenters. The third kappa shape index (κ3) is 4.32. The van der Waals surface area contributed by atoms with Crippen molar-refractivity contribution in [2.24, 2.45) is 5.11 Å². The SMILES string of the molecule is CC/C(=C/C=C\I)N=N. The highest BCUT2D eigenvalue weighted by molar-refractivity contribution is 14.1. The van der Waals surface area contributed by atoms with Gasteiger partial charge in [0.25, 0.3) is 0 Å². The first kappa shape index (κ1) is 8.81. The Kier molecular flexibility index (Phi) is 5.81. The summed E-state index contributed by atoms with van der Waals surface area (Å²) in [5, 5.41) is 3.30. The van der Waals surface area contributed by atoms with Crippen molar-refractivity contribution in [3.05, 3.63) is 21.9 Å². The fraction of sp³-hybridized carbons (Fsp3) is 0.333. The lowest BCUT2D eigenvalue weighted by Gasteiger charge is -1.86. The summed E-state index contributed by atoms with van der Waals surface area (Å²) in [5.41, 5.74) is 7.47. The molecule has 0 rings (SSSR count). The zero-order chi connectivity index (χ0) is 7.11. The number of nitrogens with one attached hydrogen (secondary N) is 1. The van der Waals surface area contributed by atoms with Gasteiger partial charge >= 0.3 is 0 Å². The summed E-state index contributed by atoms with van der Waals surface area (Å²) in [5.74, 6) is 0. The van der Waals surface area contributed by atoms with E-state index in [0.717, 1.165) is 12.1 Å². The summed E-state index contributed by atoms with van der Waals surface area (Å²) >= 11 is 2.13. The van der Waals surface area contributed by atoms with Crippen molar-refractivity contribution in [3.63, 3.8) is 0 Å². The van der Waals surface area contributed by atoms with E-state index >= 15 is 0 Å². The van der Waals surface area contributed by atoms with E-state index in [1.54, 1.807) is 0 Å². The van der Waals surface area contributed by atoms with Crippen LogP contribution in [0.2, 0.25) is 0 Å². The third-order valence-electron chi connectivity index (χ3n) is 0.867. The fourth-order valence-corrected chi connectivity index (χ4v) is 0.589. The molecule has 2 nitrogen and oxygen atoms in total.